The van der Waals surface area contributed by atoms with Crippen LogP contribution < -0.4 is 10.2 Å². The van der Waals surface area contributed by atoms with Gasteiger partial charge in [0.1, 0.15) is 11.4 Å². The molecule has 1 saturated heterocycles. The van der Waals surface area contributed by atoms with Crippen molar-refractivity contribution in [2.24, 2.45) is 0 Å². The number of carbonyl (C=O) groups excluding carboxylic acids is 3. The van der Waals surface area contributed by atoms with E-state index in [1.165, 1.54) is 31.4 Å². The van der Waals surface area contributed by atoms with Crippen molar-refractivity contribution in [2.75, 3.05) is 12.0 Å². The fourth-order valence-corrected chi connectivity index (χ4v) is 4.13. The fourth-order valence-electron chi connectivity index (χ4n) is 3.86. The van der Waals surface area contributed by atoms with E-state index in [1.54, 1.807) is 30.3 Å². The standard InChI is InChI=1S/C25H20FN3O4S/c1-14-12-17(15(2)28(14)18-10-8-16(9-11-18)24(32)33-3)13-19-22(30)27-25(34)29(23(19)31)21-7-5-4-6-20(21)26/h4-13H,1-3H3,(H,27,30,34)/b19-13+. The first-order valence-electron chi connectivity index (χ1n) is 10.3. The summed E-state index contributed by atoms with van der Waals surface area (Å²) in [5, 5.41) is 2.28. The number of aryl methyl sites for hydroxylation is 1. The summed E-state index contributed by atoms with van der Waals surface area (Å²) < 4.78 is 21.0. The van der Waals surface area contributed by atoms with Gasteiger partial charge in [0.2, 0.25) is 0 Å². The summed E-state index contributed by atoms with van der Waals surface area (Å²) in [7, 11) is 1.32. The summed E-state index contributed by atoms with van der Waals surface area (Å²) >= 11 is 5.13. The monoisotopic (exact) mass is 477 g/mol. The number of esters is 1. The minimum Gasteiger partial charge on any atom is -0.465 e. The average molecular weight is 478 g/mol. The molecule has 0 radical (unpaired) electrons. The molecule has 1 aliphatic heterocycles. The molecule has 1 fully saturated rings. The molecule has 34 heavy (non-hydrogen) atoms. The molecular weight excluding hydrogens is 457 g/mol. The van der Waals surface area contributed by atoms with Gasteiger partial charge >= 0.3 is 5.97 Å². The largest absolute Gasteiger partial charge is 0.465 e. The molecule has 0 atom stereocenters. The van der Waals surface area contributed by atoms with Crippen molar-refractivity contribution in [3.8, 4) is 5.69 Å². The Kier molecular flexibility index (Phi) is 6.12. The van der Waals surface area contributed by atoms with Crippen molar-refractivity contribution in [2.45, 2.75) is 13.8 Å². The third kappa shape index (κ3) is 4.01. The third-order valence-electron chi connectivity index (χ3n) is 5.51. The number of hydrogen-bond acceptors (Lipinski definition) is 5. The van der Waals surface area contributed by atoms with Crippen LogP contribution in [0.2, 0.25) is 0 Å². The zero-order valence-corrected chi connectivity index (χ0v) is 19.4. The third-order valence-corrected chi connectivity index (χ3v) is 5.80. The van der Waals surface area contributed by atoms with E-state index in [0.29, 0.717) is 11.1 Å². The predicted molar refractivity (Wildman–Crippen MR) is 129 cm³/mol. The van der Waals surface area contributed by atoms with Crippen molar-refractivity contribution in [1.29, 1.82) is 0 Å². The summed E-state index contributed by atoms with van der Waals surface area (Å²) in [6.45, 7) is 3.73. The highest BCUT2D eigenvalue weighted by atomic mass is 32.1. The second-order valence-corrected chi connectivity index (χ2v) is 8.00. The number of aromatic nitrogens is 1. The lowest BCUT2D eigenvalue weighted by atomic mass is 10.1. The van der Waals surface area contributed by atoms with Gasteiger partial charge < -0.3 is 9.30 Å². The van der Waals surface area contributed by atoms with Gasteiger partial charge in [0.25, 0.3) is 11.8 Å². The maximum absolute atomic E-state index is 14.4. The molecule has 2 heterocycles. The Balaban J connectivity index is 1.73. The topological polar surface area (TPSA) is 80.6 Å². The number of amides is 2. The number of carbonyl (C=O) groups is 3. The first kappa shape index (κ1) is 23.1. The van der Waals surface area contributed by atoms with E-state index in [1.807, 2.05) is 24.5 Å². The fraction of sp³-hybridized carbons (Fsp3) is 0.120. The van der Waals surface area contributed by atoms with Crippen LogP contribution >= 0.6 is 12.2 Å². The smallest absolute Gasteiger partial charge is 0.337 e. The molecule has 0 spiro atoms. The average Bonchev–Trinajstić information content (AvgIpc) is 3.10. The lowest BCUT2D eigenvalue weighted by Gasteiger charge is -2.29. The molecule has 0 aliphatic carbocycles. The van der Waals surface area contributed by atoms with Crippen LogP contribution in [0.5, 0.6) is 0 Å². The zero-order chi connectivity index (χ0) is 24.6. The van der Waals surface area contributed by atoms with E-state index >= 15 is 0 Å². The summed E-state index contributed by atoms with van der Waals surface area (Å²) in [6.07, 6.45) is 1.47. The number of para-hydroxylation sites is 1. The summed E-state index contributed by atoms with van der Waals surface area (Å²) in [4.78, 5) is 38.5. The molecule has 1 aromatic heterocycles. The lowest BCUT2D eigenvalue weighted by molar-refractivity contribution is -0.122. The van der Waals surface area contributed by atoms with Gasteiger partial charge in [0, 0.05) is 17.1 Å². The second kappa shape index (κ2) is 9.03. The van der Waals surface area contributed by atoms with Gasteiger partial charge in [-0.2, -0.15) is 0 Å². The number of halogens is 1. The number of ether oxygens (including phenoxy) is 1. The molecule has 1 N–H and O–H groups in total. The molecule has 2 aromatic carbocycles. The van der Waals surface area contributed by atoms with Crippen molar-refractivity contribution < 1.29 is 23.5 Å². The first-order valence-corrected chi connectivity index (χ1v) is 10.7. The quantitative estimate of drug-likeness (QED) is 0.267. The van der Waals surface area contributed by atoms with Gasteiger partial charge in [-0.25, -0.2) is 14.1 Å². The van der Waals surface area contributed by atoms with Crippen molar-refractivity contribution >= 4 is 46.9 Å². The zero-order valence-electron chi connectivity index (χ0n) is 18.6. The molecule has 0 saturated carbocycles. The van der Waals surface area contributed by atoms with E-state index in [-0.39, 0.29) is 16.4 Å². The Morgan fingerprint density at radius 1 is 1.09 bits per heavy atom. The highest BCUT2D eigenvalue weighted by molar-refractivity contribution is 7.80. The van der Waals surface area contributed by atoms with E-state index in [4.69, 9.17) is 17.0 Å². The van der Waals surface area contributed by atoms with Crippen LogP contribution in [0.25, 0.3) is 11.8 Å². The number of methoxy groups -OCH3 is 1. The van der Waals surface area contributed by atoms with Crippen LogP contribution in [0.1, 0.15) is 27.3 Å². The number of hydrogen-bond donors (Lipinski definition) is 1. The van der Waals surface area contributed by atoms with Crippen LogP contribution in [0.3, 0.4) is 0 Å². The molecule has 3 aromatic rings. The first-order chi connectivity index (χ1) is 16.2. The van der Waals surface area contributed by atoms with Gasteiger partial charge in [-0.1, -0.05) is 12.1 Å². The molecule has 9 heteroatoms. The second-order valence-electron chi connectivity index (χ2n) is 7.61. The van der Waals surface area contributed by atoms with Gasteiger partial charge in [-0.15, -0.1) is 0 Å². The Morgan fingerprint density at radius 2 is 1.76 bits per heavy atom. The Bertz CT molecular complexity index is 1380. The lowest BCUT2D eigenvalue weighted by Crippen LogP contribution is -2.54. The molecule has 7 nitrogen and oxygen atoms in total. The van der Waals surface area contributed by atoms with Gasteiger partial charge in [-0.3, -0.25) is 14.9 Å². The van der Waals surface area contributed by atoms with Gasteiger partial charge in [-0.05, 0) is 80.2 Å². The van der Waals surface area contributed by atoms with Gasteiger partial charge in [0.15, 0.2) is 5.11 Å². The van der Waals surface area contributed by atoms with E-state index in [9.17, 15) is 18.8 Å². The van der Waals surface area contributed by atoms with E-state index in [2.05, 4.69) is 5.32 Å². The number of nitrogens with one attached hydrogen (secondary N) is 1. The van der Waals surface area contributed by atoms with E-state index in [0.717, 1.165) is 22.0 Å². The summed E-state index contributed by atoms with van der Waals surface area (Å²) in [6, 6.07) is 14.4. The summed E-state index contributed by atoms with van der Waals surface area (Å²) in [5.41, 5.74) is 3.25. The van der Waals surface area contributed by atoms with Crippen molar-refractivity contribution in [3.05, 3.63) is 88.5 Å². The minimum atomic E-state index is -0.717. The Labute approximate surface area is 200 Å². The highest BCUT2D eigenvalue weighted by Gasteiger charge is 2.35. The molecule has 172 valence electrons. The van der Waals surface area contributed by atoms with E-state index < -0.39 is 23.6 Å². The number of thiocarbonyl (C=S) groups is 1. The van der Waals surface area contributed by atoms with Crippen molar-refractivity contribution in [1.82, 2.24) is 9.88 Å². The SMILES string of the molecule is COC(=O)c1ccc(-n2c(C)cc(/C=C3\C(=O)NC(=S)N(c4ccccc4F)C3=O)c2C)cc1. The molecule has 1 aliphatic rings. The molecule has 2 amide bonds. The minimum absolute atomic E-state index is 0.0421. The Morgan fingerprint density at radius 3 is 2.41 bits per heavy atom. The van der Waals surface area contributed by atoms with Crippen LogP contribution in [-0.4, -0.2) is 34.6 Å². The number of anilines is 1. The van der Waals surface area contributed by atoms with Gasteiger partial charge in [0.05, 0.1) is 18.4 Å². The number of nitrogens with zero attached hydrogens (tertiary/aromatic N) is 2. The molecule has 0 bridgehead atoms. The molecule has 4 rings (SSSR count). The maximum Gasteiger partial charge on any atom is 0.337 e. The predicted octanol–water partition coefficient (Wildman–Crippen LogP) is 3.85. The van der Waals surface area contributed by atoms with Crippen LogP contribution in [0.4, 0.5) is 10.1 Å². The Hall–Kier alpha value is -4.11. The van der Waals surface area contributed by atoms with Crippen LogP contribution in [0, 0.1) is 19.7 Å². The maximum atomic E-state index is 14.4. The van der Waals surface area contributed by atoms with Crippen LogP contribution in [0.15, 0.2) is 60.2 Å². The number of rotatable bonds is 4. The normalized spacial score (nSPS) is 15.0. The number of benzene rings is 2. The molecular formula is C25H20FN3O4S. The van der Waals surface area contributed by atoms with Crippen LogP contribution in [-0.2, 0) is 14.3 Å². The summed E-state index contributed by atoms with van der Waals surface area (Å²) in [5.74, 6) is -2.44. The highest BCUT2D eigenvalue weighted by Crippen LogP contribution is 2.27. The molecule has 0 unspecified atom stereocenters. The van der Waals surface area contributed by atoms with Crippen molar-refractivity contribution in [3.63, 3.8) is 0 Å².